The minimum atomic E-state index is -0.647. The molecule has 0 saturated carbocycles. The van der Waals surface area contributed by atoms with E-state index >= 15 is 0 Å². The molecule has 1 aromatic heterocycles. The summed E-state index contributed by atoms with van der Waals surface area (Å²) in [5.41, 5.74) is 1.85. The van der Waals surface area contributed by atoms with Gasteiger partial charge in [0.1, 0.15) is 11.5 Å². The number of fused-ring (bicyclic) bond motifs is 1. The predicted octanol–water partition coefficient (Wildman–Crippen LogP) is 3.97. The van der Waals surface area contributed by atoms with Crippen LogP contribution in [0.3, 0.4) is 0 Å². The Labute approximate surface area is 153 Å². The van der Waals surface area contributed by atoms with Gasteiger partial charge in [0.05, 0.1) is 6.10 Å². The summed E-state index contributed by atoms with van der Waals surface area (Å²) in [7, 11) is 0. The van der Waals surface area contributed by atoms with Gasteiger partial charge in [0, 0.05) is 18.7 Å². The number of aliphatic hydroxyl groups is 1. The van der Waals surface area contributed by atoms with Crippen molar-refractivity contribution in [1.82, 2.24) is 10.6 Å². The summed E-state index contributed by atoms with van der Waals surface area (Å²) in [6.45, 7) is 4.51. The Kier molecular flexibility index (Phi) is 5.58. The first-order valence-corrected chi connectivity index (χ1v) is 8.78. The summed E-state index contributed by atoms with van der Waals surface area (Å²) in [5, 5.41) is 18.2. The molecule has 136 valence electrons. The maximum absolute atomic E-state index is 12.0. The Morgan fingerprint density at radius 1 is 1.12 bits per heavy atom. The van der Waals surface area contributed by atoms with E-state index in [-0.39, 0.29) is 6.03 Å². The highest BCUT2D eigenvalue weighted by molar-refractivity contribution is 5.86. The third-order valence-corrected chi connectivity index (χ3v) is 4.46. The third-order valence-electron chi connectivity index (χ3n) is 4.46. The van der Waals surface area contributed by atoms with E-state index in [0.29, 0.717) is 19.5 Å². The van der Waals surface area contributed by atoms with Crippen LogP contribution in [0.15, 0.2) is 52.9 Å². The van der Waals surface area contributed by atoms with Crippen molar-refractivity contribution in [2.45, 2.75) is 32.9 Å². The van der Waals surface area contributed by atoms with E-state index in [1.165, 1.54) is 0 Å². The van der Waals surface area contributed by atoms with E-state index in [0.717, 1.165) is 33.4 Å². The fraction of sp³-hybridized carbons (Fsp3) is 0.286. The lowest BCUT2D eigenvalue weighted by atomic mass is 10.0. The first kappa shape index (κ1) is 18.0. The summed E-state index contributed by atoms with van der Waals surface area (Å²) in [5.74, 6) is 1.49. The van der Waals surface area contributed by atoms with E-state index in [4.69, 9.17) is 4.42 Å². The number of carbonyl (C=O) groups is 1. The minimum Gasteiger partial charge on any atom is -0.466 e. The molecule has 0 aliphatic heterocycles. The Bertz CT molecular complexity index is 896. The van der Waals surface area contributed by atoms with Crippen molar-refractivity contribution in [2.24, 2.45) is 0 Å². The summed E-state index contributed by atoms with van der Waals surface area (Å²) >= 11 is 0. The molecule has 0 fully saturated rings. The van der Waals surface area contributed by atoms with Crippen LogP contribution < -0.4 is 10.6 Å². The number of rotatable bonds is 6. The van der Waals surface area contributed by atoms with E-state index in [9.17, 15) is 9.90 Å². The van der Waals surface area contributed by atoms with Crippen molar-refractivity contribution in [3.63, 3.8) is 0 Å². The zero-order valence-electron chi connectivity index (χ0n) is 15.1. The number of hydrogen-bond donors (Lipinski definition) is 3. The standard InChI is InChI=1S/C21H24N2O3/c1-14-12-19(15(2)26-14)20(24)10-11-22-21(25)23-13-17-8-5-7-16-6-3-4-9-18(16)17/h3-9,12,20,24H,10-11,13H2,1-2H3,(H2,22,23,25)/t20-/m1/s1. The molecule has 1 atom stereocenters. The molecule has 2 amide bonds. The van der Waals surface area contributed by atoms with Crippen LogP contribution in [0.4, 0.5) is 4.79 Å². The zero-order chi connectivity index (χ0) is 18.5. The topological polar surface area (TPSA) is 74.5 Å². The van der Waals surface area contributed by atoms with E-state index in [2.05, 4.69) is 28.8 Å². The van der Waals surface area contributed by atoms with Crippen molar-refractivity contribution in [1.29, 1.82) is 0 Å². The van der Waals surface area contributed by atoms with E-state index < -0.39 is 6.10 Å². The van der Waals surface area contributed by atoms with Crippen LogP contribution in [-0.2, 0) is 6.54 Å². The van der Waals surface area contributed by atoms with Crippen LogP contribution in [0.25, 0.3) is 10.8 Å². The van der Waals surface area contributed by atoms with Crippen LogP contribution >= 0.6 is 0 Å². The maximum atomic E-state index is 12.0. The molecule has 0 saturated heterocycles. The van der Waals surface area contributed by atoms with Crippen LogP contribution in [0.1, 0.15) is 35.2 Å². The number of aliphatic hydroxyl groups excluding tert-OH is 1. The highest BCUT2D eigenvalue weighted by Gasteiger charge is 2.14. The van der Waals surface area contributed by atoms with Crippen molar-refractivity contribution >= 4 is 16.8 Å². The summed E-state index contributed by atoms with van der Waals surface area (Å²) in [6, 6.07) is 15.7. The molecule has 0 radical (unpaired) electrons. The molecular formula is C21H24N2O3. The third kappa shape index (κ3) is 4.24. The van der Waals surface area contributed by atoms with Crippen molar-refractivity contribution in [3.05, 3.63) is 71.2 Å². The number of furan rings is 1. The molecule has 3 N–H and O–H groups in total. The number of nitrogens with one attached hydrogen (secondary N) is 2. The number of benzene rings is 2. The predicted molar refractivity (Wildman–Crippen MR) is 102 cm³/mol. The van der Waals surface area contributed by atoms with Crippen LogP contribution in [0.5, 0.6) is 0 Å². The van der Waals surface area contributed by atoms with Gasteiger partial charge in [-0.05, 0) is 42.7 Å². The molecule has 5 heteroatoms. The Morgan fingerprint density at radius 3 is 2.65 bits per heavy atom. The molecule has 0 aliphatic carbocycles. The lowest BCUT2D eigenvalue weighted by molar-refractivity contribution is 0.165. The summed E-state index contributed by atoms with van der Waals surface area (Å²) in [4.78, 5) is 12.0. The van der Waals surface area contributed by atoms with Crippen molar-refractivity contribution in [3.8, 4) is 0 Å². The van der Waals surface area contributed by atoms with Gasteiger partial charge >= 0.3 is 6.03 Å². The second-order valence-electron chi connectivity index (χ2n) is 6.42. The van der Waals surface area contributed by atoms with Gasteiger partial charge in [-0.2, -0.15) is 0 Å². The number of amides is 2. The Hall–Kier alpha value is -2.79. The molecule has 2 aromatic carbocycles. The van der Waals surface area contributed by atoms with Crippen LogP contribution in [0.2, 0.25) is 0 Å². The normalized spacial score (nSPS) is 12.1. The largest absolute Gasteiger partial charge is 0.466 e. The SMILES string of the molecule is Cc1cc([C@H](O)CCNC(=O)NCc2cccc3ccccc23)c(C)o1. The molecule has 3 rings (SSSR count). The van der Waals surface area contributed by atoms with E-state index in [1.807, 2.05) is 44.2 Å². The van der Waals surface area contributed by atoms with Crippen molar-refractivity contribution in [2.75, 3.05) is 6.54 Å². The lowest BCUT2D eigenvalue weighted by Gasteiger charge is -2.12. The van der Waals surface area contributed by atoms with E-state index in [1.54, 1.807) is 0 Å². The molecule has 0 spiro atoms. The molecule has 0 aliphatic rings. The fourth-order valence-electron chi connectivity index (χ4n) is 3.14. The van der Waals surface area contributed by atoms with Gasteiger partial charge in [0.15, 0.2) is 0 Å². The van der Waals surface area contributed by atoms with Gasteiger partial charge in [-0.3, -0.25) is 0 Å². The monoisotopic (exact) mass is 352 g/mol. The molecule has 0 bridgehead atoms. The van der Waals surface area contributed by atoms with Gasteiger partial charge in [-0.15, -0.1) is 0 Å². The summed E-state index contributed by atoms with van der Waals surface area (Å²) in [6.07, 6.45) is -0.215. The second kappa shape index (κ2) is 8.06. The molecular weight excluding hydrogens is 328 g/mol. The molecule has 5 nitrogen and oxygen atoms in total. The van der Waals surface area contributed by atoms with Gasteiger partial charge in [-0.1, -0.05) is 42.5 Å². The first-order chi connectivity index (χ1) is 12.5. The van der Waals surface area contributed by atoms with Gasteiger partial charge in [-0.25, -0.2) is 4.79 Å². The molecule has 1 heterocycles. The number of urea groups is 1. The highest BCUT2D eigenvalue weighted by Crippen LogP contribution is 2.23. The minimum absolute atomic E-state index is 0.245. The lowest BCUT2D eigenvalue weighted by Crippen LogP contribution is -2.36. The Morgan fingerprint density at radius 2 is 1.88 bits per heavy atom. The number of carbonyl (C=O) groups excluding carboxylic acids is 1. The van der Waals surface area contributed by atoms with Gasteiger partial charge < -0.3 is 20.2 Å². The van der Waals surface area contributed by atoms with Gasteiger partial charge in [0.2, 0.25) is 0 Å². The Balaban J connectivity index is 1.48. The second-order valence-corrected chi connectivity index (χ2v) is 6.42. The average Bonchev–Trinajstić information content (AvgIpc) is 2.98. The average molecular weight is 352 g/mol. The first-order valence-electron chi connectivity index (χ1n) is 8.78. The number of aryl methyl sites for hydroxylation is 2. The molecule has 26 heavy (non-hydrogen) atoms. The fourth-order valence-corrected chi connectivity index (χ4v) is 3.14. The van der Waals surface area contributed by atoms with Crippen LogP contribution in [-0.4, -0.2) is 17.7 Å². The smallest absolute Gasteiger partial charge is 0.315 e. The zero-order valence-corrected chi connectivity index (χ0v) is 15.1. The summed E-state index contributed by atoms with van der Waals surface area (Å²) < 4.78 is 5.43. The quantitative estimate of drug-likeness (QED) is 0.628. The van der Waals surface area contributed by atoms with Crippen LogP contribution in [0, 0.1) is 13.8 Å². The maximum Gasteiger partial charge on any atom is 0.315 e. The number of hydrogen-bond acceptors (Lipinski definition) is 3. The van der Waals surface area contributed by atoms with Crippen molar-refractivity contribution < 1.29 is 14.3 Å². The highest BCUT2D eigenvalue weighted by atomic mass is 16.3. The van der Waals surface area contributed by atoms with Gasteiger partial charge in [0.25, 0.3) is 0 Å². The molecule has 3 aromatic rings. The molecule has 0 unspecified atom stereocenters.